The number of fused-ring (bicyclic) bond motifs is 1. The molecule has 0 aromatic rings. The Kier molecular flexibility index (Phi) is 7.36. The molecular formula is C17H31N3O2. The van der Waals surface area contributed by atoms with Crippen molar-refractivity contribution in [2.24, 2.45) is 0 Å². The van der Waals surface area contributed by atoms with Crippen LogP contribution in [0.1, 0.15) is 45.4 Å². The maximum Gasteiger partial charge on any atom is 0.221 e. The first-order valence-corrected chi connectivity index (χ1v) is 8.80. The standard InChI is InChI=1S/C17H31N3O2/c1-2-16(21)15-8-5-7-14-13-17(22)19-11-4-3-9-18-10-6-12-20(14)15/h5,7,14-16,18,21H,2-4,6,8-13H2,1H3,(H,19,22)/t14-,15?,16+/m1/s1. The van der Waals surface area contributed by atoms with E-state index in [0.717, 1.165) is 58.3 Å². The van der Waals surface area contributed by atoms with Gasteiger partial charge in [0.2, 0.25) is 5.91 Å². The Labute approximate surface area is 134 Å². The Balaban J connectivity index is 2.06. The van der Waals surface area contributed by atoms with Crippen LogP contribution >= 0.6 is 0 Å². The van der Waals surface area contributed by atoms with Crippen molar-refractivity contribution >= 4 is 5.91 Å². The highest BCUT2D eigenvalue weighted by Crippen LogP contribution is 2.23. The van der Waals surface area contributed by atoms with Gasteiger partial charge in [-0.05, 0) is 45.2 Å². The zero-order valence-electron chi connectivity index (χ0n) is 13.8. The molecular weight excluding hydrogens is 278 g/mol. The van der Waals surface area contributed by atoms with Gasteiger partial charge in [-0.15, -0.1) is 0 Å². The summed E-state index contributed by atoms with van der Waals surface area (Å²) in [5.41, 5.74) is 0. The van der Waals surface area contributed by atoms with E-state index in [9.17, 15) is 9.90 Å². The van der Waals surface area contributed by atoms with Crippen LogP contribution in [0.5, 0.6) is 0 Å². The van der Waals surface area contributed by atoms with Crippen LogP contribution in [0.4, 0.5) is 0 Å². The van der Waals surface area contributed by atoms with Crippen molar-refractivity contribution in [3.05, 3.63) is 12.2 Å². The number of hydrogen-bond acceptors (Lipinski definition) is 4. The summed E-state index contributed by atoms with van der Waals surface area (Å²) in [6.45, 7) is 5.73. The molecule has 0 aliphatic carbocycles. The fourth-order valence-corrected chi connectivity index (χ4v) is 3.41. The summed E-state index contributed by atoms with van der Waals surface area (Å²) in [6.07, 6.45) is 9.27. The summed E-state index contributed by atoms with van der Waals surface area (Å²) in [7, 11) is 0. The van der Waals surface area contributed by atoms with Gasteiger partial charge in [0.05, 0.1) is 6.10 Å². The second kappa shape index (κ2) is 9.28. The lowest BCUT2D eigenvalue weighted by Crippen LogP contribution is -2.52. The van der Waals surface area contributed by atoms with E-state index in [-0.39, 0.29) is 24.1 Å². The second-order valence-electron chi connectivity index (χ2n) is 6.38. The van der Waals surface area contributed by atoms with Gasteiger partial charge in [0.25, 0.3) is 0 Å². The normalized spacial score (nSPS) is 30.4. The number of aliphatic hydroxyl groups excluding tert-OH is 1. The Morgan fingerprint density at radius 1 is 1.32 bits per heavy atom. The van der Waals surface area contributed by atoms with Crippen molar-refractivity contribution in [1.82, 2.24) is 15.5 Å². The molecule has 5 heteroatoms. The molecule has 2 aliphatic rings. The van der Waals surface area contributed by atoms with Crippen molar-refractivity contribution in [3.63, 3.8) is 0 Å². The molecule has 3 N–H and O–H groups in total. The topological polar surface area (TPSA) is 64.6 Å². The number of nitrogens with one attached hydrogen (secondary N) is 2. The Morgan fingerprint density at radius 2 is 2.09 bits per heavy atom. The maximum atomic E-state index is 12.1. The zero-order chi connectivity index (χ0) is 15.8. The molecule has 0 bridgehead atoms. The first kappa shape index (κ1) is 17.4. The van der Waals surface area contributed by atoms with E-state index in [1.54, 1.807) is 0 Å². The number of hydrogen-bond donors (Lipinski definition) is 3. The number of aliphatic hydroxyl groups is 1. The molecule has 1 fully saturated rings. The SMILES string of the molecule is CC[C@H](O)C1CC=C[C@@H]2CC(=O)NCCCCNCCCN12. The van der Waals surface area contributed by atoms with Gasteiger partial charge in [0.15, 0.2) is 0 Å². The van der Waals surface area contributed by atoms with Gasteiger partial charge in [-0.1, -0.05) is 19.1 Å². The zero-order valence-corrected chi connectivity index (χ0v) is 13.8. The fourth-order valence-electron chi connectivity index (χ4n) is 3.41. The minimum absolute atomic E-state index is 0.112. The molecule has 1 amide bonds. The molecule has 0 spiro atoms. The molecule has 2 rings (SSSR count). The van der Waals surface area contributed by atoms with Crippen molar-refractivity contribution < 1.29 is 9.90 Å². The van der Waals surface area contributed by atoms with Crippen molar-refractivity contribution in [2.45, 2.75) is 63.6 Å². The predicted octanol–water partition coefficient (Wildman–Crippen LogP) is 1.04. The number of carbonyl (C=O) groups excluding carboxylic acids is 1. The van der Waals surface area contributed by atoms with E-state index in [0.29, 0.717) is 6.42 Å². The average molecular weight is 309 g/mol. The van der Waals surface area contributed by atoms with Gasteiger partial charge in [-0.3, -0.25) is 9.69 Å². The first-order valence-electron chi connectivity index (χ1n) is 8.80. The number of nitrogens with zero attached hydrogens (tertiary/aromatic N) is 1. The minimum Gasteiger partial charge on any atom is -0.391 e. The van der Waals surface area contributed by atoms with Crippen LogP contribution in [-0.4, -0.2) is 60.3 Å². The lowest BCUT2D eigenvalue weighted by molar-refractivity contribution is -0.122. The molecule has 0 radical (unpaired) electrons. The van der Waals surface area contributed by atoms with Crippen LogP contribution < -0.4 is 10.6 Å². The van der Waals surface area contributed by atoms with E-state index in [4.69, 9.17) is 0 Å². The third kappa shape index (κ3) is 5.07. The number of carbonyl (C=O) groups is 1. The van der Waals surface area contributed by atoms with E-state index in [2.05, 4.69) is 27.7 Å². The monoisotopic (exact) mass is 309 g/mol. The Hall–Kier alpha value is -0.910. The largest absolute Gasteiger partial charge is 0.391 e. The summed E-state index contributed by atoms with van der Waals surface area (Å²) in [6, 6.07) is 0.249. The Morgan fingerprint density at radius 3 is 2.91 bits per heavy atom. The summed E-state index contributed by atoms with van der Waals surface area (Å²) in [4.78, 5) is 14.5. The fraction of sp³-hybridized carbons (Fsp3) is 0.824. The molecule has 126 valence electrons. The molecule has 3 atom stereocenters. The smallest absolute Gasteiger partial charge is 0.221 e. The second-order valence-corrected chi connectivity index (χ2v) is 6.38. The third-order valence-corrected chi connectivity index (χ3v) is 4.72. The summed E-state index contributed by atoms with van der Waals surface area (Å²) < 4.78 is 0. The number of rotatable bonds is 2. The molecule has 0 aromatic heterocycles. The van der Waals surface area contributed by atoms with E-state index >= 15 is 0 Å². The summed E-state index contributed by atoms with van der Waals surface area (Å²) in [5.74, 6) is 0.124. The Bertz CT molecular complexity index is 373. The molecule has 1 saturated heterocycles. The van der Waals surface area contributed by atoms with Crippen LogP contribution in [0.15, 0.2) is 12.2 Å². The van der Waals surface area contributed by atoms with Crippen molar-refractivity contribution in [2.75, 3.05) is 26.2 Å². The van der Waals surface area contributed by atoms with E-state index in [1.807, 2.05) is 6.92 Å². The molecule has 2 heterocycles. The molecule has 22 heavy (non-hydrogen) atoms. The first-order chi connectivity index (χ1) is 10.7. The highest BCUT2D eigenvalue weighted by molar-refractivity contribution is 5.76. The van der Waals surface area contributed by atoms with Gasteiger partial charge < -0.3 is 15.7 Å². The van der Waals surface area contributed by atoms with Crippen LogP contribution in [0, 0.1) is 0 Å². The third-order valence-electron chi connectivity index (χ3n) is 4.72. The van der Waals surface area contributed by atoms with Gasteiger partial charge in [0.1, 0.15) is 0 Å². The lowest BCUT2D eigenvalue weighted by atomic mass is 9.94. The lowest BCUT2D eigenvalue weighted by Gasteiger charge is -2.41. The summed E-state index contributed by atoms with van der Waals surface area (Å²) >= 11 is 0. The van der Waals surface area contributed by atoms with Crippen LogP contribution in [-0.2, 0) is 4.79 Å². The minimum atomic E-state index is -0.320. The highest BCUT2D eigenvalue weighted by Gasteiger charge is 2.32. The van der Waals surface area contributed by atoms with Gasteiger partial charge >= 0.3 is 0 Å². The van der Waals surface area contributed by atoms with Crippen LogP contribution in [0.25, 0.3) is 0 Å². The predicted molar refractivity (Wildman–Crippen MR) is 88.7 cm³/mol. The van der Waals surface area contributed by atoms with Crippen LogP contribution in [0.3, 0.4) is 0 Å². The number of amides is 1. The van der Waals surface area contributed by atoms with Gasteiger partial charge in [0, 0.05) is 31.6 Å². The summed E-state index contributed by atoms with van der Waals surface area (Å²) in [5, 5.41) is 16.8. The quantitative estimate of drug-likeness (QED) is 0.667. The molecule has 1 unspecified atom stereocenters. The average Bonchev–Trinajstić information content (AvgIpc) is 2.54. The maximum absolute atomic E-state index is 12.1. The molecule has 0 saturated carbocycles. The van der Waals surface area contributed by atoms with Crippen molar-refractivity contribution in [3.8, 4) is 0 Å². The van der Waals surface area contributed by atoms with Crippen LogP contribution in [0.2, 0.25) is 0 Å². The molecule has 0 aromatic carbocycles. The van der Waals surface area contributed by atoms with E-state index < -0.39 is 0 Å². The van der Waals surface area contributed by atoms with E-state index in [1.165, 1.54) is 0 Å². The van der Waals surface area contributed by atoms with Crippen molar-refractivity contribution in [1.29, 1.82) is 0 Å². The van der Waals surface area contributed by atoms with Gasteiger partial charge in [-0.2, -0.15) is 0 Å². The molecule has 5 nitrogen and oxygen atoms in total. The molecule has 2 aliphatic heterocycles. The van der Waals surface area contributed by atoms with Gasteiger partial charge in [-0.25, -0.2) is 0 Å². The highest BCUT2D eigenvalue weighted by atomic mass is 16.3.